The Labute approximate surface area is 223 Å². The standard InChI is InChI=1S/C29H25ClN4O4/c1-17-25(14-22-15-28(36)34(32-22)23-6-4-5-21(13-23)31-18(2)35)26-16-24(38-3)11-12-27(26)33(17)29(37)19-7-9-20(30)10-8-19/h4-13,15-16,32H,14H2,1-3H3,(H,31,35). The number of carbonyl (C=O) groups excluding carboxylic acids is 2. The van der Waals surface area contributed by atoms with Crippen LogP contribution in [0.1, 0.15) is 34.2 Å². The Morgan fingerprint density at radius 3 is 2.50 bits per heavy atom. The van der Waals surface area contributed by atoms with E-state index in [-0.39, 0.29) is 17.4 Å². The first kappa shape index (κ1) is 25.1. The number of ether oxygens (including phenoxy) is 1. The zero-order chi connectivity index (χ0) is 27.0. The number of rotatable bonds is 6. The van der Waals surface area contributed by atoms with Crippen molar-refractivity contribution in [2.45, 2.75) is 20.3 Å². The van der Waals surface area contributed by atoms with Gasteiger partial charge in [-0.2, -0.15) is 0 Å². The van der Waals surface area contributed by atoms with E-state index in [1.165, 1.54) is 17.7 Å². The topological polar surface area (TPSA) is 98.1 Å². The van der Waals surface area contributed by atoms with Crippen LogP contribution in [-0.2, 0) is 11.2 Å². The van der Waals surface area contributed by atoms with E-state index < -0.39 is 0 Å². The van der Waals surface area contributed by atoms with E-state index in [0.29, 0.717) is 39.8 Å². The number of hydrogen-bond acceptors (Lipinski definition) is 4. The fourth-order valence-electron chi connectivity index (χ4n) is 4.64. The summed E-state index contributed by atoms with van der Waals surface area (Å²) in [6, 6.07) is 20.9. The molecule has 0 atom stereocenters. The second-order valence-corrected chi connectivity index (χ2v) is 9.39. The molecule has 1 amide bonds. The van der Waals surface area contributed by atoms with Crippen molar-refractivity contribution in [1.29, 1.82) is 0 Å². The Morgan fingerprint density at radius 1 is 1.03 bits per heavy atom. The predicted octanol–water partition coefficient (Wildman–Crippen LogP) is 5.33. The molecule has 0 fully saturated rings. The molecule has 0 bridgehead atoms. The Balaban J connectivity index is 1.58. The summed E-state index contributed by atoms with van der Waals surface area (Å²) in [5.41, 5.74) is 4.51. The number of hydrogen-bond donors (Lipinski definition) is 2. The molecule has 38 heavy (non-hydrogen) atoms. The summed E-state index contributed by atoms with van der Waals surface area (Å²) >= 11 is 6.02. The fraction of sp³-hybridized carbons (Fsp3) is 0.138. The number of methoxy groups -OCH3 is 1. The number of nitrogens with zero attached hydrogens (tertiary/aromatic N) is 2. The highest BCUT2D eigenvalue weighted by Crippen LogP contribution is 2.32. The maximum Gasteiger partial charge on any atom is 0.271 e. The van der Waals surface area contributed by atoms with Gasteiger partial charge in [0.2, 0.25) is 5.91 Å². The second-order valence-electron chi connectivity index (χ2n) is 8.96. The van der Waals surface area contributed by atoms with Crippen LogP contribution < -0.4 is 15.6 Å². The Morgan fingerprint density at radius 2 is 1.79 bits per heavy atom. The van der Waals surface area contributed by atoms with Gasteiger partial charge >= 0.3 is 0 Å². The quantitative estimate of drug-likeness (QED) is 0.311. The van der Waals surface area contributed by atoms with E-state index in [4.69, 9.17) is 16.3 Å². The third-order valence-corrected chi connectivity index (χ3v) is 6.65. The van der Waals surface area contributed by atoms with E-state index in [0.717, 1.165) is 22.2 Å². The number of aromatic nitrogens is 3. The van der Waals surface area contributed by atoms with Crippen molar-refractivity contribution in [1.82, 2.24) is 14.3 Å². The summed E-state index contributed by atoms with van der Waals surface area (Å²) in [7, 11) is 1.59. The van der Waals surface area contributed by atoms with Crippen molar-refractivity contribution < 1.29 is 14.3 Å². The molecule has 0 saturated carbocycles. The van der Waals surface area contributed by atoms with Crippen LogP contribution in [0.25, 0.3) is 16.6 Å². The lowest BCUT2D eigenvalue weighted by atomic mass is 10.1. The highest BCUT2D eigenvalue weighted by atomic mass is 35.5. The first-order valence-corrected chi connectivity index (χ1v) is 12.3. The Hall–Kier alpha value is -4.56. The highest BCUT2D eigenvalue weighted by Gasteiger charge is 2.21. The van der Waals surface area contributed by atoms with Crippen molar-refractivity contribution in [3.05, 3.63) is 111 Å². The number of aromatic amines is 1. The average molecular weight is 529 g/mol. The predicted molar refractivity (Wildman–Crippen MR) is 148 cm³/mol. The summed E-state index contributed by atoms with van der Waals surface area (Å²) in [4.78, 5) is 37.9. The number of halogens is 1. The first-order valence-electron chi connectivity index (χ1n) is 11.9. The van der Waals surface area contributed by atoms with E-state index in [1.54, 1.807) is 60.2 Å². The van der Waals surface area contributed by atoms with Crippen molar-refractivity contribution in [2.75, 3.05) is 12.4 Å². The van der Waals surface area contributed by atoms with Crippen LogP contribution in [0, 0.1) is 6.92 Å². The van der Waals surface area contributed by atoms with Crippen LogP contribution in [0.3, 0.4) is 0 Å². The van der Waals surface area contributed by atoms with Gasteiger partial charge in [0.05, 0.1) is 18.3 Å². The molecule has 0 aliphatic rings. The lowest BCUT2D eigenvalue weighted by Crippen LogP contribution is -2.14. The molecule has 8 nitrogen and oxygen atoms in total. The number of carbonyl (C=O) groups is 2. The molecule has 9 heteroatoms. The van der Waals surface area contributed by atoms with Crippen molar-refractivity contribution in [3.8, 4) is 11.4 Å². The van der Waals surface area contributed by atoms with Gasteiger partial charge in [-0.05, 0) is 73.2 Å². The molecule has 5 rings (SSSR count). The molecular weight excluding hydrogens is 504 g/mol. The Kier molecular flexibility index (Phi) is 6.65. The number of H-pyrrole nitrogens is 1. The molecule has 0 aliphatic heterocycles. The van der Waals surface area contributed by atoms with Crippen LogP contribution >= 0.6 is 11.6 Å². The molecule has 2 heterocycles. The normalized spacial score (nSPS) is 11.1. The van der Waals surface area contributed by atoms with Gasteiger partial charge in [0.1, 0.15) is 5.75 Å². The van der Waals surface area contributed by atoms with Gasteiger partial charge in [-0.1, -0.05) is 17.7 Å². The largest absolute Gasteiger partial charge is 0.497 e. The van der Waals surface area contributed by atoms with E-state index in [9.17, 15) is 14.4 Å². The van der Waals surface area contributed by atoms with E-state index >= 15 is 0 Å². The number of anilines is 1. The Bertz CT molecular complexity index is 1750. The molecular formula is C29H25ClN4O4. The van der Waals surface area contributed by atoms with Gasteiger partial charge < -0.3 is 10.1 Å². The molecule has 2 aromatic heterocycles. The van der Waals surface area contributed by atoms with E-state index in [1.807, 2.05) is 25.1 Å². The van der Waals surface area contributed by atoms with Gasteiger partial charge in [-0.3, -0.25) is 24.0 Å². The van der Waals surface area contributed by atoms with Crippen LogP contribution in [0.2, 0.25) is 5.02 Å². The number of benzene rings is 3. The maximum absolute atomic E-state index is 13.6. The van der Waals surface area contributed by atoms with Gasteiger partial charge in [-0.25, -0.2) is 4.68 Å². The molecule has 5 aromatic rings. The summed E-state index contributed by atoms with van der Waals surface area (Å²) in [6.45, 7) is 3.32. The molecule has 0 radical (unpaired) electrons. The van der Waals surface area contributed by atoms with Crippen molar-refractivity contribution in [2.24, 2.45) is 0 Å². The zero-order valence-electron chi connectivity index (χ0n) is 21.0. The van der Waals surface area contributed by atoms with Gasteiger partial charge in [0, 0.05) is 52.5 Å². The van der Waals surface area contributed by atoms with Crippen LogP contribution in [0.4, 0.5) is 5.69 Å². The summed E-state index contributed by atoms with van der Waals surface area (Å²) in [5.74, 6) is 0.286. The minimum absolute atomic E-state index is 0.179. The molecule has 0 saturated heterocycles. The molecule has 0 aliphatic carbocycles. The monoisotopic (exact) mass is 528 g/mol. The van der Waals surface area contributed by atoms with Crippen molar-refractivity contribution in [3.63, 3.8) is 0 Å². The lowest BCUT2D eigenvalue weighted by molar-refractivity contribution is -0.114. The number of amides is 1. The minimum Gasteiger partial charge on any atom is -0.497 e. The van der Waals surface area contributed by atoms with Crippen LogP contribution in [-0.4, -0.2) is 33.3 Å². The summed E-state index contributed by atoms with van der Waals surface area (Å²) in [5, 5.41) is 7.31. The zero-order valence-corrected chi connectivity index (χ0v) is 21.8. The third kappa shape index (κ3) is 4.73. The summed E-state index contributed by atoms with van der Waals surface area (Å²) in [6.07, 6.45) is 0.379. The molecule has 0 unspecified atom stereocenters. The smallest absolute Gasteiger partial charge is 0.271 e. The van der Waals surface area contributed by atoms with Crippen LogP contribution in [0.5, 0.6) is 5.75 Å². The van der Waals surface area contributed by atoms with E-state index in [2.05, 4.69) is 10.4 Å². The average Bonchev–Trinajstić information content (AvgIpc) is 3.40. The van der Waals surface area contributed by atoms with Gasteiger partial charge in [-0.15, -0.1) is 0 Å². The maximum atomic E-state index is 13.6. The molecule has 0 spiro atoms. The minimum atomic E-state index is -0.240. The fourth-order valence-corrected chi connectivity index (χ4v) is 4.77. The van der Waals surface area contributed by atoms with Gasteiger partial charge in [0.15, 0.2) is 0 Å². The third-order valence-electron chi connectivity index (χ3n) is 6.40. The highest BCUT2D eigenvalue weighted by molar-refractivity contribution is 6.30. The molecule has 2 N–H and O–H groups in total. The first-order chi connectivity index (χ1) is 18.2. The number of nitrogens with one attached hydrogen (secondary N) is 2. The molecule has 3 aromatic carbocycles. The SMILES string of the molecule is COc1ccc2c(c1)c(Cc1cc(=O)n(-c3cccc(NC(C)=O)c3)[nH]1)c(C)n2C(=O)c1ccc(Cl)cc1. The second kappa shape index (κ2) is 10.1. The summed E-state index contributed by atoms with van der Waals surface area (Å²) < 4.78 is 8.56. The van der Waals surface area contributed by atoms with Crippen molar-refractivity contribution >= 4 is 40.0 Å². The van der Waals surface area contributed by atoms with Gasteiger partial charge in [0.25, 0.3) is 11.5 Å². The molecule has 192 valence electrons. The van der Waals surface area contributed by atoms with Crippen LogP contribution in [0.15, 0.2) is 77.6 Å². The lowest BCUT2D eigenvalue weighted by Gasteiger charge is -2.08. The number of fused-ring (bicyclic) bond motifs is 1.